The van der Waals surface area contributed by atoms with Crippen molar-refractivity contribution in [2.75, 3.05) is 19.6 Å². The van der Waals surface area contributed by atoms with Gasteiger partial charge in [-0.3, -0.25) is 4.79 Å². The van der Waals surface area contributed by atoms with Crippen LogP contribution in [0, 0.1) is 0 Å². The average molecular weight is 260 g/mol. The molecule has 1 atom stereocenters. The fourth-order valence-electron chi connectivity index (χ4n) is 2.79. The van der Waals surface area contributed by atoms with E-state index in [1.807, 2.05) is 18.2 Å². The molecule has 1 amide bonds. The van der Waals surface area contributed by atoms with E-state index in [-0.39, 0.29) is 5.91 Å². The average Bonchev–Trinajstić information content (AvgIpc) is 2.98. The molecule has 0 aromatic heterocycles. The first kappa shape index (κ1) is 14.1. The lowest BCUT2D eigenvalue weighted by molar-refractivity contribution is 0.0691. The maximum atomic E-state index is 12.8. The van der Waals surface area contributed by atoms with Crippen LogP contribution in [-0.2, 0) is 6.42 Å². The number of rotatable bonds is 5. The Bertz CT molecular complexity index is 425. The van der Waals surface area contributed by atoms with E-state index < -0.39 is 0 Å². The maximum Gasteiger partial charge on any atom is 0.254 e. The lowest BCUT2D eigenvalue weighted by Crippen LogP contribution is -2.42. The molecule has 1 N–H and O–H groups in total. The number of carbonyl (C=O) groups excluding carboxylic acids is 1. The van der Waals surface area contributed by atoms with Crippen LogP contribution in [0.4, 0.5) is 0 Å². The molecule has 2 rings (SSSR count). The molecule has 1 aliphatic rings. The van der Waals surface area contributed by atoms with Gasteiger partial charge in [-0.2, -0.15) is 0 Å². The molecule has 0 spiro atoms. The first-order valence-electron chi connectivity index (χ1n) is 7.37. The Morgan fingerprint density at radius 2 is 2.16 bits per heavy atom. The van der Waals surface area contributed by atoms with E-state index in [2.05, 4.69) is 30.1 Å². The van der Waals surface area contributed by atoms with Gasteiger partial charge in [0.15, 0.2) is 0 Å². The lowest BCUT2D eigenvalue weighted by Gasteiger charge is -2.29. The molecule has 1 unspecified atom stereocenters. The van der Waals surface area contributed by atoms with Crippen molar-refractivity contribution in [1.82, 2.24) is 10.2 Å². The number of amides is 1. The number of nitrogens with zero attached hydrogens (tertiary/aromatic N) is 1. The summed E-state index contributed by atoms with van der Waals surface area (Å²) in [5.74, 6) is 0.202. The van der Waals surface area contributed by atoms with E-state index in [4.69, 9.17) is 0 Å². The van der Waals surface area contributed by atoms with E-state index in [9.17, 15) is 4.79 Å². The van der Waals surface area contributed by atoms with Gasteiger partial charge in [0.1, 0.15) is 0 Å². The Balaban J connectivity index is 2.22. The quantitative estimate of drug-likeness (QED) is 0.882. The standard InChI is InChI=1S/C16H24N2O/c1-3-11-18(14-9-10-17-12-14)16(19)15-8-6-5-7-13(15)4-2/h5-8,14,17H,3-4,9-12H2,1-2H3. The second-order valence-electron chi connectivity index (χ2n) is 5.16. The molecule has 0 radical (unpaired) electrons. The Morgan fingerprint density at radius 1 is 1.37 bits per heavy atom. The first-order valence-corrected chi connectivity index (χ1v) is 7.37. The second kappa shape index (κ2) is 6.71. The van der Waals surface area contributed by atoms with Crippen LogP contribution in [-0.4, -0.2) is 36.5 Å². The smallest absolute Gasteiger partial charge is 0.254 e. The third kappa shape index (κ3) is 3.16. The van der Waals surface area contributed by atoms with Gasteiger partial charge in [-0.1, -0.05) is 32.0 Å². The molecule has 1 aromatic carbocycles. The summed E-state index contributed by atoms with van der Waals surface area (Å²) in [6.45, 7) is 7.04. The van der Waals surface area contributed by atoms with Crippen LogP contribution in [0.1, 0.15) is 42.6 Å². The Labute approximate surface area is 116 Å². The molecule has 1 saturated heterocycles. The van der Waals surface area contributed by atoms with Gasteiger partial charge in [0.25, 0.3) is 5.91 Å². The van der Waals surface area contributed by atoms with Crippen LogP contribution >= 0.6 is 0 Å². The summed E-state index contributed by atoms with van der Waals surface area (Å²) in [6, 6.07) is 8.36. The van der Waals surface area contributed by atoms with Gasteiger partial charge >= 0.3 is 0 Å². The minimum atomic E-state index is 0.202. The molecule has 1 fully saturated rings. The largest absolute Gasteiger partial charge is 0.334 e. The molecule has 1 aliphatic heterocycles. The summed E-state index contributed by atoms with van der Waals surface area (Å²) in [6.07, 6.45) is 2.99. The van der Waals surface area contributed by atoms with Crippen LogP contribution in [0.5, 0.6) is 0 Å². The number of hydrogen-bond acceptors (Lipinski definition) is 2. The van der Waals surface area contributed by atoms with Crippen LogP contribution < -0.4 is 5.32 Å². The van der Waals surface area contributed by atoms with Crippen molar-refractivity contribution in [1.29, 1.82) is 0 Å². The third-order valence-electron chi connectivity index (χ3n) is 3.83. The zero-order valence-electron chi connectivity index (χ0n) is 12.0. The number of carbonyl (C=O) groups is 1. The minimum Gasteiger partial charge on any atom is -0.334 e. The molecule has 104 valence electrons. The maximum absolute atomic E-state index is 12.8. The molecule has 0 aliphatic carbocycles. The molecular weight excluding hydrogens is 236 g/mol. The predicted molar refractivity (Wildman–Crippen MR) is 78.4 cm³/mol. The fraction of sp³-hybridized carbons (Fsp3) is 0.562. The lowest BCUT2D eigenvalue weighted by atomic mass is 10.0. The topological polar surface area (TPSA) is 32.3 Å². The van der Waals surface area contributed by atoms with Crippen molar-refractivity contribution in [3.63, 3.8) is 0 Å². The van der Waals surface area contributed by atoms with Crippen molar-refractivity contribution < 1.29 is 4.79 Å². The summed E-state index contributed by atoms with van der Waals surface area (Å²) in [5, 5.41) is 3.35. The van der Waals surface area contributed by atoms with Gasteiger partial charge in [0.2, 0.25) is 0 Å². The summed E-state index contributed by atoms with van der Waals surface area (Å²) in [4.78, 5) is 14.9. The number of nitrogens with one attached hydrogen (secondary N) is 1. The SMILES string of the molecule is CCCN(C(=O)c1ccccc1CC)C1CCNC1. The zero-order chi connectivity index (χ0) is 13.7. The monoisotopic (exact) mass is 260 g/mol. The summed E-state index contributed by atoms with van der Waals surface area (Å²) >= 11 is 0. The van der Waals surface area contributed by atoms with Gasteiger partial charge in [0, 0.05) is 24.7 Å². The van der Waals surface area contributed by atoms with Crippen LogP contribution in [0.3, 0.4) is 0 Å². The van der Waals surface area contributed by atoms with Crippen molar-refractivity contribution in [2.24, 2.45) is 0 Å². The van der Waals surface area contributed by atoms with Crippen molar-refractivity contribution in [3.8, 4) is 0 Å². The molecule has 19 heavy (non-hydrogen) atoms. The molecule has 3 nitrogen and oxygen atoms in total. The highest BCUT2D eigenvalue weighted by atomic mass is 16.2. The van der Waals surface area contributed by atoms with E-state index in [0.29, 0.717) is 6.04 Å². The predicted octanol–water partition coefficient (Wildman–Crippen LogP) is 2.46. The second-order valence-corrected chi connectivity index (χ2v) is 5.16. The van der Waals surface area contributed by atoms with Gasteiger partial charge < -0.3 is 10.2 Å². The van der Waals surface area contributed by atoms with E-state index in [1.165, 1.54) is 0 Å². The molecule has 1 aromatic rings. The number of aryl methyl sites for hydroxylation is 1. The first-order chi connectivity index (χ1) is 9.27. The van der Waals surface area contributed by atoms with E-state index in [0.717, 1.165) is 50.0 Å². The molecule has 0 saturated carbocycles. The van der Waals surface area contributed by atoms with Gasteiger partial charge in [0.05, 0.1) is 0 Å². The van der Waals surface area contributed by atoms with E-state index in [1.54, 1.807) is 0 Å². The van der Waals surface area contributed by atoms with Crippen LogP contribution in [0.2, 0.25) is 0 Å². The Hall–Kier alpha value is -1.35. The van der Waals surface area contributed by atoms with Crippen LogP contribution in [0.15, 0.2) is 24.3 Å². The highest BCUT2D eigenvalue weighted by molar-refractivity contribution is 5.96. The number of benzene rings is 1. The fourth-order valence-corrected chi connectivity index (χ4v) is 2.79. The van der Waals surface area contributed by atoms with E-state index >= 15 is 0 Å². The number of hydrogen-bond donors (Lipinski definition) is 1. The summed E-state index contributed by atoms with van der Waals surface area (Å²) < 4.78 is 0. The van der Waals surface area contributed by atoms with Gasteiger partial charge in [-0.15, -0.1) is 0 Å². The highest BCUT2D eigenvalue weighted by Gasteiger charge is 2.27. The van der Waals surface area contributed by atoms with Crippen molar-refractivity contribution in [3.05, 3.63) is 35.4 Å². The summed E-state index contributed by atoms with van der Waals surface area (Å²) in [5.41, 5.74) is 2.03. The third-order valence-corrected chi connectivity index (χ3v) is 3.83. The van der Waals surface area contributed by atoms with Gasteiger partial charge in [-0.25, -0.2) is 0 Å². The highest BCUT2D eigenvalue weighted by Crippen LogP contribution is 2.17. The molecule has 3 heteroatoms. The zero-order valence-corrected chi connectivity index (χ0v) is 12.0. The molecule has 1 heterocycles. The molecular formula is C16H24N2O. The van der Waals surface area contributed by atoms with Crippen LogP contribution in [0.25, 0.3) is 0 Å². The van der Waals surface area contributed by atoms with Crippen molar-refractivity contribution >= 4 is 5.91 Å². The minimum absolute atomic E-state index is 0.202. The Morgan fingerprint density at radius 3 is 2.79 bits per heavy atom. The normalized spacial score (nSPS) is 18.5. The Kier molecular flexibility index (Phi) is 4.97. The molecule has 0 bridgehead atoms. The van der Waals surface area contributed by atoms with Gasteiger partial charge in [-0.05, 0) is 37.4 Å². The summed E-state index contributed by atoms with van der Waals surface area (Å²) in [7, 11) is 0. The van der Waals surface area contributed by atoms with Crippen molar-refractivity contribution in [2.45, 2.75) is 39.2 Å².